The van der Waals surface area contributed by atoms with Gasteiger partial charge in [-0.25, -0.2) is 4.79 Å². The monoisotopic (exact) mass is 304 g/mol. The zero-order chi connectivity index (χ0) is 14.6. The Kier molecular flexibility index (Phi) is 5.44. The number of hydrogen-bond donors (Lipinski definition) is 2. The highest BCUT2D eigenvalue weighted by Crippen LogP contribution is 2.23. The number of rotatable bonds is 4. The first-order chi connectivity index (χ1) is 8.81. The number of halogens is 2. The van der Waals surface area contributed by atoms with Gasteiger partial charge in [-0.3, -0.25) is 4.79 Å². The quantitative estimate of drug-likeness (QED) is 0.898. The lowest BCUT2D eigenvalue weighted by Crippen LogP contribution is -2.44. The van der Waals surface area contributed by atoms with Crippen LogP contribution in [0.4, 0.5) is 4.79 Å². The van der Waals surface area contributed by atoms with Crippen LogP contribution in [0, 0.1) is 0 Å². The number of amides is 2. The zero-order valence-corrected chi connectivity index (χ0v) is 12.0. The van der Waals surface area contributed by atoms with Crippen molar-refractivity contribution in [1.29, 1.82) is 0 Å². The maximum Gasteiger partial charge on any atom is 0.405 e. The summed E-state index contributed by atoms with van der Waals surface area (Å²) < 4.78 is 0. The first kappa shape index (κ1) is 15.6. The van der Waals surface area contributed by atoms with E-state index in [0.29, 0.717) is 16.6 Å². The minimum atomic E-state index is -1.23. The Labute approximate surface area is 121 Å². The van der Waals surface area contributed by atoms with Gasteiger partial charge in [-0.05, 0) is 24.6 Å². The Morgan fingerprint density at radius 2 is 2.00 bits per heavy atom. The molecule has 0 aromatic heterocycles. The van der Waals surface area contributed by atoms with Crippen LogP contribution >= 0.6 is 23.2 Å². The van der Waals surface area contributed by atoms with E-state index in [1.165, 1.54) is 11.8 Å². The normalized spacial score (nSPS) is 11.8. The molecule has 0 aliphatic rings. The van der Waals surface area contributed by atoms with Crippen molar-refractivity contribution < 1.29 is 14.7 Å². The second kappa shape index (κ2) is 6.63. The lowest BCUT2D eigenvalue weighted by atomic mass is 10.2. The highest BCUT2D eigenvalue weighted by Gasteiger charge is 2.19. The molecule has 5 nitrogen and oxygen atoms in total. The van der Waals surface area contributed by atoms with E-state index in [1.54, 1.807) is 25.2 Å². The van der Waals surface area contributed by atoms with Crippen LogP contribution in [0.15, 0.2) is 18.2 Å². The topological polar surface area (TPSA) is 69.6 Å². The van der Waals surface area contributed by atoms with E-state index in [-0.39, 0.29) is 5.91 Å². The fourth-order valence-electron chi connectivity index (χ4n) is 1.57. The van der Waals surface area contributed by atoms with Gasteiger partial charge in [0.1, 0.15) is 6.04 Å². The molecule has 1 rings (SSSR count). The first-order valence-electron chi connectivity index (χ1n) is 5.49. The highest BCUT2D eigenvalue weighted by molar-refractivity contribution is 6.42. The van der Waals surface area contributed by atoms with Crippen LogP contribution in [0.1, 0.15) is 12.5 Å². The molecule has 0 saturated carbocycles. The molecule has 2 N–H and O–H groups in total. The number of carboxylic acid groups (broad SMARTS) is 1. The maximum absolute atomic E-state index is 11.9. The van der Waals surface area contributed by atoms with Gasteiger partial charge in [0, 0.05) is 13.6 Å². The fraction of sp³-hybridized carbons (Fsp3) is 0.333. The second-order valence-corrected chi connectivity index (χ2v) is 4.93. The summed E-state index contributed by atoms with van der Waals surface area (Å²) in [5.74, 6) is -0.325. The number of nitrogens with zero attached hydrogens (tertiary/aromatic N) is 1. The van der Waals surface area contributed by atoms with Crippen LogP contribution in [0.25, 0.3) is 0 Å². The molecule has 0 fully saturated rings. The molecule has 104 valence electrons. The molecule has 2 amide bonds. The molecule has 0 radical (unpaired) electrons. The van der Waals surface area contributed by atoms with Crippen molar-refractivity contribution in [2.75, 3.05) is 7.05 Å². The van der Waals surface area contributed by atoms with Crippen LogP contribution in [0.3, 0.4) is 0 Å². The van der Waals surface area contributed by atoms with E-state index in [0.717, 1.165) is 5.56 Å². The molecular formula is C12H14Cl2N2O3. The largest absolute Gasteiger partial charge is 0.465 e. The van der Waals surface area contributed by atoms with Crippen molar-refractivity contribution in [3.05, 3.63) is 33.8 Å². The molecule has 19 heavy (non-hydrogen) atoms. The molecule has 1 aromatic rings. The zero-order valence-electron chi connectivity index (χ0n) is 10.5. The van der Waals surface area contributed by atoms with Gasteiger partial charge in [0.15, 0.2) is 0 Å². The van der Waals surface area contributed by atoms with Gasteiger partial charge >= 0.3 is 6.09 Å². The van der Waals surface area contributed by atoms with Gasteiger partial charge in [0.2, 0.25) is 5.91 Å². The molecule has 0 heterocycles. The Balaban J connectivity index is 2.68. The Hall–Kier alpha value is -1.46. The van der Waals surface area contributed by atoms with Crippen LogP contribution in [-0.2, 0) is 11.3 Å². The summed E-state index contributed by atoms with van der Waals surface area (Å²) in [6.45, 7) is 1.81. The van der Waals surface area contributed by atoms with Crippen LogP contribution < -0.4 is 5.32 Å². The van der Waals surface area contributed by atoms with Crippen LogP contribution in [0.5, 0.6) is 0 Å². The van der Waals surface area contributed by atoms with Gasteiger partial charge < -0.3 is 15.3 Å². The predicted octanol–water partition coefficient (Wildman–Crippen LogP) is 2.61. The predicted molar refractivity (Wildman–Crippen MR) is 73.6 cm³/mol. The number of nitrogens with one attached hydrogen (secondary N) is 1. The maximum atomic E-state index is 11.9. The summed E-state index contributed by atoms with van der Waals surface area (Å²) in [4.78, 5) is 23.8. The number of hydrogen-bond acceptors (Lipinski definition) is 2. The fourth-order valence-corrected chi connectivity index (χ4v) is 1.89. The summed E-state index contributed by atoms with van der Waals surface area (Å²) in [7, 11) is 1.59. The van der Waals surface area contributed by atoms with E-state index in [2.05, 4.69) is 5.32 Å². The van der Waals surface area contributed by atoms with E-state index in [9.17, 15) is 9.59 Å². The van der Waals surface area contributed by atoms with Crippen molar-refractivity contribution in [1.82, 2.24) is 10.2 Å². The van der Waals surface area contributed by atoms with Gasteiger partial charge in [-0.15, -0.1) is 0 Å². The van der Waals surface area contributed by atoms with E-state index in [4.69, 9.17) is 28.3 Å². The molecule has 7 heteroatoms. The number of benzene rings is 1. The van der Waals surface area contributed by atoms with Crippen molar-refractivity contribution in [2.45, 2.75) is 19.5 Å². The SMILES string of the molecule is CC(NC(=O)O)C(=O)N(C)Cc1ccc(Cl)c(Cl)c1. The third-order valence-corrected chi connectivity index (χ3v) is 3.23. The van der Waals surface area contributed by atoms with Gasteiger partial charge in [-0.1, -0.05) is 29.3 Å². The molecule has 0 spiro atoms. The number of carbonyl (C=O) groups is 2. The lowest BCUT2D eigenvalue weighted by molar-refractivity contribution is -0.132. The summed E-state index contributed by atoms with van der Waals surface area (Å²) in [6, 6.07) is 4.28. The highest BCUT2D eigenvalue weighted by atomic mass is 35.5. The summed E-state index contributed by atoms with van der Waals surface area (Å²) >= 11 is 11.7. The molecule has 0 aliphatic carbocycles. The first-order valence-corrected chi connectivity index (χ1v) is 6.25. The molecule has 1 aromatic carbocycles. The molecule has 0 saturated heterocycles. The van der Waals surface area contributed by atoms with E-state index >= 15 is 0 Å². The second-order valence-electron chi connectivity index (χ2n) is 4.11. The third-order valence-electron chi connectivity index (χ3n) is 2.49. The molecule has 0 bridgehead atoms. The molecule has 0 aliphatic heterocycles. The standard InChI is InChI=1S/C12H14Cl2N2O3/c1-7(15-12(18)19)11(17)16(2)6-8-3-4-9(13)10(14)5-8/h3-5,7,15H,6H2,1-2H3,(H,18,19). The summed E-state index contributed by atoms with van der Waals surface area (Å²) in [6.07, 6.45) is -1.23. The van der Waals surface area contributed by atoms with Crippen molar-refractivity contribution in [3.8, 4) is 0 Å². The lowest BCUT2D eigenvalue weighted by Gasteiger charge is -2.21. The van der Waals surface area contributed by atoms with Gasteiger partial charge in [0.25, 0.3) is 0 Å². The van der Waals surface area contributed by atoms with Crippen molar-refractivity contribution in [2.24, 2.45) is 0 Å². The Morgan fingerprint density at radius 3 is 2.53 bits per heavy atom. The summed E-state index contributed by atoms with van der Waals surface area (Å²) in [5, 5.41) is 11.5. The average molecular weight is 305 g/mol. The van der Waals surface area contributed by atoms with Gasteiger partial charge in [-0.2, -0.15) is 0 Å². The average Bonchev–Trinajstić information content (AvgIpc) is 2.32. The third kappa shape index (κ3) is 4.61. The molecular weight excluding hydrogens is 291 g/mol. The minimum Gasteiger partial charge on any atom is -0.465 e. The van der Waals surface area contributed by atoms with E-state index in [1.807, 2.05) is 0 Å². The number of carbonyl (C=O) groups excluding carboxylic acids is 1. The molecule has 1 atom stereocenters. The van der Waals surface area contributed by atoms with Crippen molar-refractivity contribution in [3.63, 3.8) is 0 Å². The van der Waals surface area contributed by atoms with Crippen molar-refractivity contribution >= 4 is 35.2 Å². The van der Waals surface area contributed by atoms with Crippen LogP contribution in [-0.4, -0.2) is 35.1 Å². The minimum absolute atomic E-state index is 0.321. The van der Waals surface area contributed by atoms with Gasteiger partial charge in [0.05, 0.1) is 10.0 Å². The summed E-state index contributed by atoms with van der Waals surface area (Å²) in [5.41, 5.74) is 0.813. The van der Waals surface area contributed by atoms with E-state index < -0.39 is 12.1 Å². The Bertz CT molecular complexity index is 494. The number of likely N-dealkylation sites (N-methyl/N-ethyl adjacent to an activating group) is 1. The molecule has 1 unspecified atom stereocenters. The Morgan fingerprint density at radius 1 is 1.37 bits per heavy atom. The smallest absolute Gasteiger partial charge is 0.405 e. The van der Waals surface area contributed by atoms with Crippen LogP contribution in [0.2, 0.25) is 10.0 Å².